The molecule has 1 aromatic rings. The summed E-state index contributed by atoms with van der Waals surface area (Å²) in [6.45, 7) is -0.155. The van der Waals surface area contributed by atoms with Crippen LogP contribution in [0.2, 0.25) is 0 Å². The standard InChI is InChI=1S/C9H11FN2O3/c10-8-5-6(12(14)15)1-2-7(8)9(11)3-4-13/h1-2,5,9,13H,3-4,11H2/t9-/m1/s1. The van der Waals surface area contributed by atoms with Crippen molar-refractivity contribution in [3.8, 4) is 0 Å². The van der Waals surface area contributed by atoms with Crippen molar-refractivity contribution in [2.45, 2.75) is 12.5 Å². The topological polar surface area (TPSA) is 89.4 Å². The zero-order valence-corrected chi connectivity index (χ0v) is 7.89. The Morgan fingerprint density at radius 2 is 2.27 bits per heavy atom. The van der Waals surface area contributed by atoms with Crippen LogP contribution in [-0.2, 0) is 0 Å². The predicted molar refractivity (Wildman–Crippen MR) is 51.7 cm³/mol. The molecule has 0 aliphatic heterocycles. The van der Waals surface area contributed by atoms with Gasteiger partial charge in [-0.2, -0.15) is 0 Å². The smallest absolute Gasteiger partial charge is 0.272 e. The highest BCUT2D eigenvalue weighted by Crippen LogP contribution is 2.22. The molecule has 0 fully saturated rings. The lowest BCUT2D eigenvalue weighted by Crippen LogP contribution is -2.13. The van der Waals surface area contributed by atoms with Crippen molar-refractivity contribution in [1.82, 2.24) is 0 Å². The van der Waals surface area contributed by atoms with Gasteiger partial charge in [0.1, 0.15) is 5.82 Å². The molecule has 0 saturated heterocycles. The summed E-state index contributed by atoms with van der Waals surface area (Å²) < 4.78 is 13.3. The highest BCUT2D eigenvalue weighted by Gasteiger charge is 2.15. The molecule has 0 aromatic heterocycles. The number of non-ortho nitro benzene ring substituents is 1. The summed E-state index contributed by atoms with van der Waals surface area (Å²) >= 11 is 0. The lowest BCUT2D eigenvalue weighted by Gasteiger charge is -2.10. The maximum absolute atomic E-state index is 13.3. The van der Waals surface area contributed by atoms with Crippen LogP contribution in [0.5, 0.6) is 0 Å². The van der Waals surface area contributed by atoms with E-state index in [0.717, 1.165) is 6.07 Å². The second kappa shape index (κ2) is 4.81. The van der Waals surface area contributed by atoms with E-state index in [4.69, 9.17) is 10.8 Å². The van der Waals surface area contributed by atoms with E-state index in [2.05, 4.69) is 0 Å². The van der Waals surface area contributed by atoms with Crippen LogP contribution in [0.1, 0.15) is 18.0 Å². The van der Waals surface area contributed by atoms with Crippen LogP contribution < -0.4 is 5.73 Å². The predicted octanol–water partition coefficient (Wildman–Crippen LogP) is 1.12. The third-order valence-electron chi connectivity index (χ3n) is 2.03. The van der Waals surface area contributed by atoms with Gasteiger partial charge < -0.3 is 10.8 Å². The Kier molecular flexibility index (Phi) is 3.70. The summed E-state index contributed by atoms with van der Waals surface area (Å²) in [5.41, 5.74) is 5.43. The van der Waals surface area contributed by atoms with Gasteiger partial charge in [-0.15, -0.1) is 0 Å². The fourth-order valence-electron chi connectivity index (χ4n) is 1.22. The Morgan fingerprint density at radius 3 is 2.73 bits per heavy atom. The van der Waals surface area contributed by atoms with Crippen LogP contribution in [0.3, 0.4) is 0 Å². The number of aliphatic hydroxyl groups excluding tert-OH is 1. The largest absolute Gasteiger partial charge is 0.396 e. The van der Waals surface area contributed by atoms with Crippen molar-refractivity contribution in [1.29, 1.82) is 0 Å². The van der Waals surface area contributed by atoms with Gasteiger partial charge in [0, 0.05) is 24.3 Å². The first-order chi connectivity index (χ1) is 7.06. The molecule has 0 unspecified atom stereocenters. The molecule has 0 radical (unpaired) electrons. The van der Waals surface area contributed by atoms with E-state index in [1.807, 2.05) is 0 Å². The van der Waals surface area contributed by atoms with Gasteiger partial charge in [-0.25, -0.2) is 4.39 Å². The van der Waals surface area contributed by atoms with Crippen molar-refractivity contribution in [3.63, 3.8) is 0 Å². The molecule has 0 amide bonds. The fraction of sp³-hybridized carbons (Fsp3) is 0.333. The van der Waals surface area contributed by atoms with E-state index in [9.17, 15) is 14.5 Å². The van der Waals surface area contributed by atoms with Gasteiger partial charge in [-0.1, -0.05) is 0 Å². The number of aliphatic hydroxyl groups is 1. The lowest BCUT2D eigenvalue weighted by molar-refractivity contribution is -0.385. The summed E-state index contributed by atoms with van der Waals surface area (Å²) in [5, 5.41) is 18.9. The van der Waals surface area contributed by atoms with E-state index in [1.165, 1.54) is 12.1 Å². The molecular weight excluding hydrogens is 203 g/mol. The minimum atomic E-state index is -0.717. The minimum Gasteiger partial charge on any atom is -0.396 e. The molecule has 1 rings (SSSR count). The molecule has 1 atom stereocenters. The first-order valence-corrected chi connectivity index (χ1v) is 4.36. The molecule has 1 aromatic carbocycles. The quantitative estimate of drug-likeness (QED) is 0.580. The first kappa shape index (κ1) is 11.5. The molecule has 0 aliphatic carbocycles. The van der Waals surface area contributed by atoms with Crippen LogP contribution in [0.4, 0.5) is 10.1 Å². The van der Waals surface area contributed by atoms with E-state index in [0.29, 0.717) is 0 Å². The van der Waals surface area contributed by atoms with E-state index < -0.39 is 16.8 Å². The van der Waals surface area contributed by atoms with Gasteiger partial charge in [0.15, 0.2) is 0 Å². The Labute approximate surface area is 85.5 Å². The number of rotatable bonds is 4. The molecular formula is C9H11FN2O3. The number of nitrogens with two attached hydrogens (primary N) is 1. The van der Waals surface area contributed by atoms with E-state index >= 15 is 0 Å². The minimum absolute atomic E-state index is 0.155. The molecule has 3 N–H and O–H groups in total. The molecule has 0 saturated carbocycles. The molecule has 0 spiro atoms. The van der Waals surface area contributed by atoms with Crippen molar-refractivity contribution in [2.75, 3.05) is 6.61 Å². The van der Waals surface area contributed by atoms with Crippen LogP contribution >= 0.6 is 0 Å². The summed E-state index contributed by atoms with van der Waals surface area (Å²) in [4.78, 5) is 9.65. The molecule has 0 heterocycles. The molecule has 0 aliphatic rings. The third kappa shape index (κ3) is 2.71. The summed E-state index contributed by atoms with van der Waals surface area (Å²) in [5.74, 6) is -0.717. The van der Waals surface area contributed by atoms with Gasteiger partial charge in [0.05, 0.1) is 11.0 Å². The monoisotopic (exact) mass is 214 g/mol. The van der Waals surface area contributed by atoms with Gasteiger partial charge >= 0.3 is 0 Å². The third-order valence-corrected chi connectivity index (χ3v) is 2.03. The van der Waals surface area contributed by atoms with Gasteiger partial charge in [0.25, 0.3) is 5.69 Å². The number of hydrogen-bond donors (Lipinski definition) is 2. The number of nitro groups is 1. The average Bonchev–Trinajstić information content (AvgIpc) is 2.17. The highest BCUT2D eigenvalue weighted by atomic mass is 19.1. The SMILES string of the molecule is N[C@H](CCO)c1ccc([N+](=O)[O-])cc1F. The molecule has 82 valence electrons. The Morgan fingerprint density at radius 1 is 1.60 bits per heavy atom. The second-order valence-corrected chi connectivity index (χ2v) is 3.08. The number of benzene rings is 1. The summed E-state index contributed by atoms with van der Waals surface area (Å²) in [7, 11) is 0. The molecule has 5 nitrogen and oxygen atoms in total. The normalized spacial score (nSPS) is 12.5. The zero-order valence-electron chi connectivity index (χ0n) is 7.89. The maximum atomic E-state index is 13.3. The second-order valence-electron chi connectivity index (χ2n) is 3.08. The summed E-state index contributed by atoms with van der Waals surface area (Å²) in [6.07, 6.45) is 0.217. The van der Waals surface area contributed by atoms with Gasteiger partial charge in [-0.3, -0.25) is 10.1 Å². The summed E-state index contributed by atoms with van der Waals surface area (Å²) in [6, 6.07) is 2.64. The lowest BCUT2D eigenvalue weighted by atomic mass is 10.0. The van der Waals surface area contributed by atoms with Gasteiger partial charge in [0.2, 0.25) is 0 Å². The van der Waals surface area contributed by atoms with Crippen molar-refractivity contribution >= 4 is 5.69 Å². The van der Waals surface area contributed by atoms with Crippen molar-refractivity contribution in [2.24, 2.45) is 5.73 Å². The molecule has 15 heavy (non-hydrogen) atoms. The van der Waals surface area contributed by atoms with Crippen molar-refractivity contribution < 1.29 is 14.4 Å². The van der Waals surface area contributed by atoms with Crippen molar-refractivity contribution in [3.05, 3.63) is 39.7 Å². The van der Waals surface area contributed by atoms with Crippen LogP contribution in [0, 0.1) is 15.9 Å². The number of nitrogens with zero attached hydrogens (tertiary/aromatic N) is 1. The average molecular weight is 214 g/mol. The van der Waals surface area contributed by atoms with E-state index in [1.54, 1.807) is 0 Å². The molecule has 0 bridgehead atoms. The van der Waals surface area contributed by atoms with Crippen LogP contribution in [0.25, 0.3) is 0 Å². The highest BCUT2D eigenvalue weighted by molar-refractivity contribution is 5.35. The fourth-order valence-corrected chi connectivity index (χ4v) is 1.22. The Hall–Kier alpha value is -1.53. The Bertz CT molecular complexity index is 370. The number of halogens is 1. The molecule has 6 heteroatoms. The maximum Gasteiger partial charge on any atom is 0.272 e. The number of hydrogen-bond acceptors (Lipinski definition) is 4. The van der Waals surface area contributed by atoms with Crippen LogP contribution in [0.15, 0.2) is 18.2 Å². The Balaban J connectivity index is 2.97. The van der Waals surface area contributed by atoms with E-state index in [-0.39, 0.29) is 24.3 Å². The van der Waals surface area contributed by atoms with Crippen LogP contribution in [-0.4, -0.2) is 16.6 Å². The van der Waals surface area contributed by atoms with Gasteiger partial charge in [-0.05, 0) is 12.5 Å². The zero-order chi connectivity index (χ0) is 11.4. The first-order valence-electron chi connectivity index (χ1n) is 4.36. The number of nitro benzene ring substituents is 1.